The van der Waals surface area contributed by atoms with Crippen molar-refractivity contribution in [3.05, 3.63) is 17.5 Å². The van der Waals surface area contributed by atoms with E-state index in [4.69, 9.17) is 0 Å². The Balaban J connectivity index is 1.74. The van der Waals surface area contributed by atoms with Crippen molar-refractivity contribution < 1.29 is 4.79 Å². The van der Waals surface area contributed by atoms with Gasteiger partial charge in [0, 0.05) is 24.8 Å². The first-order valence-corrected chi connectivity index (χ1v) is 8.64. The second-order valence-corrected chi connectivity index (χ2v) is 6.55. The average Bonchev–Trinajstić information content (AvgIpc) is 2.86. The third kappa shape index (κ3) is 3.76. The van der Waals surface area contributed by atoms with Gasteiger partial charge >= 0.3 is 0 Å². The SMILES string of the molecule is Cc1cc(C(=O)NC2CCCC2)nc(N2CCCCCC2)n1. The standard InChI is InChI=1S/C17H26N4O/c1-13-12-15(16(22)19-14-8-4-5-9-14)20-17(18-13)21-10-6-2-3-7-11-21/h12,14H,2-11H2,1H3,(H,19,22). The molecule has 0 aromatic carbocycles. The number of rotatable bonds is 3. The molecule has 0 unspecified atom stereocenters. The van der Waals surface area contributed by atoms with E-state index < -0.39 is 0 Å². The van der Waals surface area contributed by atoms with Crippen LogP contribution in [0.5, 0.6) is 0 Å². The van der Waals surface area contributed by atoms with Crippen LogP contribution in [0.2, 0.25) is 0 Å². The van der Waals surface area contributed by atoms with Crippen LogP contribution in [0.3, 0.4) is 0 Å². The number of hydrogen-bond acceptors (Lipinski definition) is 4. The van der Waals surface area contributed by atoms with Gasteiger partial charge in [0.1, 0.15) is 5.69 Å². The molecule has 120 valence electrons. The van der Waals surface area contributed by atoms with Crippen molar-refractivity contribution in [2.24, 2.45) is 0 Å². The summed E-state index contributed by atoms with van der Waals surface area (Å²) < 4.78 is 0. The monoisotopic (exact) mass is 302 g/mol. The molecule has 2 aliphatic rings. The fourth-order valence-corrected chi connectivity index (χ4v) is 3.41. The molecular formula is C17H26N4O. The minimum atomic E-state index is -0.0477. The summed E-state index contributed by atoms with van der Waals surface area (Å²) in [7, 11) is 0. The molecule has 1 saturated heterocycles. The van der Waals surface area contributed by atoms with Gasteiger partial charge in [0.2, 0.25) is 5.95 Å². The van der Waals surface area contributed by atoms with Crippen LogP contribution in [0.4, 0.5) is 5.95 Å². The van der Waals surface area contributed by atoms with Gasteiger partial charge in [-0.2, -0.15) is 0 Å². The maximum Gasteiger partial charge on any atom is 0.270 e. The summed E-state index contributed by atoms with van der Waals surface area (Å²) in [4.78, 5) is 23.8. The van der Waals surface area contributed by atoms with E-state index in [1.54, 1.807) is 6.07 Å². The van der Waals surface area contributed by atoms with E-state index in [0.717, 1.165) is 37.6 Å². The van der Waals surface area contributed by atoms with Gasteiger partial charge in [0.25, 0.3) is 5.91 Å². The molecular weight excluding hydrogens is 276 g/mol. The Morgan fingerprint density at radius 2 is 1.77 bits per heavy atom. The molecule has 0 spiro atoms. The van der Waals surface area contributed by atoms with Gasteiger partial charge in [-0.3, -0.25) is 4.79 Å². The van der Waals surface area contributed by atoms with Gasteiger partial charge < -0.3 is 10.2 Å². The number of carbonyl (C=O) groups is 1. The minimum Gasteiger partial charge on any atom is -0.348 e. The topological polar surface area (TPSA) is 58.1 Å². The number of hydrogen-bond donors (Lipinski definition) is 1. The molecule has 1 aromatic heterocycles. The number of carbonyl (C=O) groups excluding carboxylic acids is 1. The maximum atomic E-state index is 12.4. The number of anilines is 1. The predicted molar refractivity (Wildman–Crippen MR) is 87.2 cm³/mol. The Morgan fingerprint density at radius 1 is 1.09 bits per heavy atom. The molecule has 0 radical (unpaired) electrons. The highest BCUT2D eigenvalue weighted by atomic mass is 16.1. The zero-order chi connectivity index (χ0) is 15.4. The van der Waals surface area contributed by atoms with Gasteiger partial charge in [-0.25, -0.2) is 9.97 Å². The van der Waals surface area contributed by atoms with Gasteiger partial charge in [-0.05, 0) is 38.7 Å². The van der Waals surface area contributed by atoms with E-state index in [1.807, 2.05) is 6.92 Å². The van der Waals surface area contributed by atoms with Crippen molar-refractivity contribution in [2.45, 2.75) is 64.3 Å². The highest BCUT2D eigenvalue weighted by molar-refractivity contribution is 5.92. The van der Waals surface area contributed by atoms with Crippen LogP contribution in [-0.4, -0.2) is 35.0 Å². The fourth-order valence-electron chi connectivity index (χ4n) is 3.41. The van der Waals surface area contributed by atoms with E-state index >= 15 is 0 Å². The smallest absolute Gasteiger partial charge is 0.270 e. The number of amides is 1. The number of aryl methyl sites for hydroxylation is 1. The van der Waals surface area contributed by atoms with E-state index in [-0.39, 0.29) is 5.91 Å². The lowest BCUT2D eigenvalue weighted by Gasteiger charge is -2.21. The molecule has 1 aliphatic heterocycles. The summed E-state index contributed by atoms with van der Waals surface area (Å²) in [5, 5.41) is 3.12. The second kappa shape index (κ2) is 7.07. The van der Waals surface area contributed by atoms with E-state index in [2.05, 4.69) is 20.2 Å². The lowest BCUT2D eigenvalue weighted by Crippen LogP contribution is -2.34. The highest BCUT2D eigenvalue weighted by Gasteiger charge is 2.20. The van der Waals surface area contributed by atoms with Crippen LogP contribution in [0.15, 0.2) is 6.07 Å². The Bertz CT molecular complexity index is 517. The first-order chi connectivity index (χ1) is 10.7. The highest BCUT2D eigenvalue weighted by Crippen LogP contribution is 2.19. The lowest BCUT2D eigenvalue weighted by atomic mass is 10.2. The van der Waals surface area contributed by atoms with Crippen LogP contribution < -0.4 is 10.2 Å². The van der Waals surface area contributed by atoms with Crippen LogP contribution in [0.1, 0.15) is 67.5 Å². The van der Waals surface area contributed by atoms with Gasteiger partial charge in [-0.1, -0.05) is 25.7 Å². The first-order valence-electron chi connectivity index (χ1n) is 8.64. The third-order valence-electron chi connectivity index (χ3n) is 4.65. The predicted octanol–water partition coefficient (Wildman–Crippen LogP) is 2.84. The normalized spacial score (nSPS) is 20.0. The number of aromatic nitrogens is 2. The van der Waals surface area contributed by atoms with Crippen molar-refractivity contribution in [3.8, 4) is 0 Å². The summed E-state index contributed by atoms with van der Waals surface area (Å²) in [5.74, 6) is 0.673. The zero-order valence-corrected chi connectivity index (χ0v) is 13.5. The molecule has 5 heteroatoms. The van der Waals surface area contributed by atoms with Crippen LogP contribution in [-0.2, 0) is 0 Å². The summed E-state index contributed by atoms with van der Waals surface area (Å²) in [6.45, 7) is 3.93. The molecule has 1 aliphatic carbocycles. The van der Waals surface area contributed by atoms with Crippen molar-refractivity contribution in [3.63, 3.8) is 0 Å². The molecule has 1 saturated carbocycles. The molecule has 0 atom stereocenters. The van der Waals surface area contributed by atoms with E-state index in [0.29, 0.717) is 11.7 Å². The fraction of sp³-hybridized carbons (Fsp3) is 0.706. The molecule has 22 heavy (non-hydrogen) atoms. The van der Waals surface area contributed by atoms with Gasteiger partial charge in [0.15, 0.2) is 0 Å². The molecule has 0 bridgehead atoms. The summed E-state index contributed by atoms with van der Waals surface area (Å²) in [6, 6.07) is 2.12. The lowest BCUT2D eigenvalue weighted by molar-refractivity contribution is 0.0932. The Morgan fingerprint density at radius 3 is 2.45 bits per heavy atom. The second-order valence-electron chi connectivity index (χ2n) is 6.55. The first kappa shape index (κ1) is 15.3. The molecule has 1 aromatic rings. The van der Waals surface area contributed by atoms with E-state index in [1.165, 1.54) is 38.5 Å². The van der Waals surface area contributed by atoms with Gasteiger partial charge in [-0.15, -0.1) is 0 Å². The molecule has 3 rings (SSSR count). The largest absolute Gasteiger partial charge is 0.348 e. The van der Waals surface area contributed by atoms with Crippen LogP contribution >= 0.6 is 0 Å². The van der Waals surface area contributed by atoms with Crippen LogP contribution in [0, 0.1) is 6.92 Å². The van der Waals surface area contributed by atoms with Gasteiger partial charge in [0.05, 0.1) is 0 Å². The van der Waals surface area contributed by atoms with Crippen LogP contribution in [0.25, 0.3) is 0 Å². The molecule has 5 nitrogen and oxygen atoms in total. The molecule has 1 N–H and O–H groups in total. The van der Waals surface area contributed by atoms with E-state index in [9.17, 15) is 4.79 Å². The van der Waals surface area contributed by atoms with Crippen molar-refractivity contribution in [1.82, 2.24) is 15.3 Å². The molecule has 1 amide bonds. The minimum absolute atomic E-state index is 0.0477. The van der Waals surface area contributed by atoms with Crippen molar-refractivity contribution in [1.29, 1.82) is 0 Å². The molecule has 2 fully saturated rings. The third-order valence-corrected chi connectivity index (χ3v) is 4.65. The van der Waals surface area contributed by atoms with Crippen molar-refractivity contribution >= 4 is 11.9 Å². The Hall–Kier alpha value is -1.65. The van der Waals surface area contributed by atoms with Crippen molar-refractivity contribution in [2.75, 3.05) is 18.0 Å². The zero-order valence-electron chi connectivity index (χ0n) is 13.5. The number of nitrogens with zero attached hydrogens (tertiary/aromatic N) is 3. The quantitative estimate of drug-likeness (QED) is 0.933. The Labute approximate surface area is 132 Å². The summed E-state index contributed by atoms with van der Waals surface area (Å²) >= 11 is 0. The summed E-state index contributed by atoms with van der Waals surface area (Å²) in [5.41, 5.74) is 1.38. The summed E-state index contributed by atoms with van der Waals surface area (Å²) in [6.07, 6.45) is 9.53. The molecule has 2 heterocycles. The maximum absolute atomic E-state index is 12.4. The average molecular weight is 302 g/mol. The Kier molecular flexibility index (Phi) is 4.90. The number of nitrogens with one attached hydrogen (secondary N) is 1.